The van der Waals surface area contributed by atoms with E-state index in [0.717, 1.165) is 30.7 Å². The van der Waals surface area contributed by atoms with Gasteiger partial charge in [-0.1, -0.05) is 28.1 Å². The standard InChI is InChI=1S/C10H13BrN2.CH3NS2.Na.H/c11-9-1-3-10(4-2-9)13-7-5-12-6-8-13;2-1(3)4;;/h1-4,12H,5-8H2;(H3,2,3,4);;/q;;+1;-1. The van der Waals surface area contributed by atoms with Crippen LogP contribution in [-0.2, 0) is 0 Å². The van der Waals surface area contributed by atoms with Gasteiger partial charge >= 0.3 is 29.6 Å². The zero-order chi connectivity index (χ0) is 12.7. The van der Waals surface area contributed by atoms with Gasteiger partial charge in [-0.3, -0.25) is 0 Å². The largest absolute Gasteiger partial charge is 1.00 e. The summed E-state index contributed by atoms with van der Waals surface area (Å²) in [5.74, 6) is 0. The Morgan fingerprint density at radius 3 is 2.22 bits per heavy atom. The molecule has 1 fully saturated rings. The smallest absolute Gasteiger partial charge is 1.00 e. The first-order valence-electron chi connectivity index (χ1n) is 5.29. The van der Waals surface area contributed by atoms with Crippen molar-refractivity contribution in [2.45, 2.75) is 0 Å². The van der Waals surface area contributed by atoms with Crippen molar-refractivity contribution in [2.24, 2.45) is 5.73 Å². The van der Waals surface area contributed by atoms with E-state index in [2.05, 4.69) is 75.3 Å². The first-order valence-corrected chi connectivity index (χ1v) is 6.94. The van der Waals surface area contributed by atoms with Crippen molar-refractivity contribution in [3.05, 3.63) is 28.7 Å². The first-order chi connectivity index (χ1) is 8.09. The minimum atomic E-state index is 0. The Labute approximate surface area is 151 Å². The molecule has 0 saturated carbocycles. The van der Waals surface area contributed by atoms with E-state index in [0.29, 0.717) is 0 Å². The number of hydrogen-bond acceptors (Lipinski definition) is 3. The minimum Gasteiger partial charge on any atom is -1.00 e. The molecule has 18 heavy (non-hydrogen) atoms. The molecule has 1 heterocycles. The van der Waals surface area contributed by atoms with E-state index in [1.165, 1.54) is 5.69 Å². The number of benzene rings is 1. The molecule has 0 aromatic heterocycles. The third-order valence-corrected chi connectivity index (χ3v) is 2.84. The minimum absolute atomic E-state index is 0. The van der Waals surface area contributed by atoms with Crippen LogP contribution in [0.25, 0.3) is 0 Å². The molecule has 7 heteroatoms. The fraction of sp³-hybridized carbons (Fsp3) is 0.364. The van der Waals surface area contributed by atoms with Crippen molar-refractivity contribution in [1.82, 2.24) is 5.32 Å². The Bertz CT molecular complexity index is 357. The number of nitrogens with two attached hydrogens (primary N) is 1. The maximum atomic E-state index is 4.71. The van der Waals surface area contributed by atoms with Gasteiger partial charge in [0.2, 0.25) is 0 Å². The summed E-state index contributed by atoms with van der Waals surface area (Å²) in [4.78, 5) is 2.41. The van der Waals surface area contributed by atoms with Crippen molar-refractivity contribution in [1.29, 1.82) is 0 Å². The van der Waals surface area contributed by atoms with E-state index in [9.17, 15) is 0 Å². The van der Waals surface area contributed by atoms with Gasteiger partial charge in [-0.05, 0) is 24.3 Å². The number of thiol groups is 1. The fourth-order valence-corrected chi connectivity index (χ4v) is 1.84. The van der Waals surface area contributed by atoms with Crippen LogP contribution in [0.1, 0.15) is 1.43 Å². The average molecular weight is 358 g/mol. The van der Waals surface area contributed by atoms with Crippen LogP contribution in [0.15, 0.2) is 28.7 Å². The molecule has 0 radical (unpaired) electrons. The predicted molar refractivity (Wildman–Crippen MR) is 86.1 cm³/mol. The number of nitrogens with zero attached hydrogens (tertiary/aromatic N) is 1. The summed E-state index contributed by atoms with van der Waals surface area (Å²) < 4.78 is 1.34. The summed E-state index contributed by atoms with van der Waals surface area (Å²) in [6.07, 6.45) is 0. The molecular weight excluding hydrogens is 341 g/mol. The van der Waals surface area contributed by atoms with Gasteiger partial charge in [0.15, 0.2) is 0 Å². The van der Waals surface area contributed by atoms with Gasteiger partial charge in [0.25, 0.3) is 0 Å². The average Bonchev–Trinajstić information content (AvgIpc) is 2.30. The molecule has 1 aromatic carbocycles. The SMILES string of the molecule is Brc1ccc(N2CCNCC2)cc1.NC(=S)S.[H-].[Na+]. The van der Waals surface area contributed by atoms with E-state index in [1.807, 2.05) is 0 Å². The molecule has 1 aromatic rings. The summed E-state index contributed by atoms with van der Waals surface area (Å²) in [5.41, 5.74) is 6.03. The molecule has 0 unspecified atom stereocenters. The Morgan fingerprint density at radius 1 is 1.33 bits per heavy atom. The summed E-state index contributed by atoms with van der Waals surface area (Å²) in [5, 5.41) is 3.34. The Kier molecular flexibility index (Phi) is 10.9. The van der Waals surface area contributed by atoms with Gasteiger partial charge in [-0.15, -0.1) is 12.6 Å². The summed E-state index contributed by atoms with van der Waals surface area (Å²) in [6, 6.07) is 8.51. The third kappa shape index (κ3) is 7.99. The second kappa shape index (κ2) is 10.5. The molecule has 0 bridgehead atoms. The number of nitrogens with one attached hydrogen (secondary N) is 1. The maximum absolute atomic E-state index is 4.71. The van der Waals surface area contributed by atoms with Crippen LogP contribution in [-0.4, -0.2) is 30.5 Å². The fourth-order valence-electron chi connectivity index (χ4n) is 1.57. The molecule has 0 aliphatic carbocycles. The number of rotatable bonds is 1. The quantitative estimate of drug-likeness (QED) is 0.347. The molecule has 1 aliphatic heterocycles. The summed E-state index contributed by atoms with van der Waals surface area (Å²) in [6.45, 7) is 4.41. The molecule has 0 spiro atoms. The van der Waals surface area contributed by atoms with Crippen LogP contribution in [0.3, 0.4) is 0 Å². The number of hydrogen-bond donors (Lipinski definition) is 3. The van der Waals surface area contributed by atoms with Crippen molar-refractivity contribution in [2.75, 3.05) is 31.1 Å². The second-order valence-corrected chi connectivity index (χ2v) is 5.69. The van der Waals surface area contributed by atoms with E-state index < -0.39 is 0 Å². The number of thiocarbonyl (C=S) groups is 1. The monoisotopic (exact) mass is 357 g/mol. The molecule has 1 aliphatic rings. The Morgan fingerprint density at radius 2 is 1.78 bits per heavy atom. The first kappa shape index (κ1) is 18.7. The van der Waals surface area contributed by atoms with Crippen LogP contribution in [0.4, 0.5) is 5.69 Å². The van der Waals surface area contributed by atoms with Crippen LogP contribution in [0.2, 0.25) is 0 Å². The van der Waals surface area contributed by atoms with Crippen molar-refractivity contribution in [3.8, 4) is 0 Å². The van der Waals surface area contributed by atoms with Gasteiger partial charge < -0.3 is 17.4 Å². The summed E-state index contributed by atoms with van der Waals surface area (Å²) in [7, 11) is 0. The molecule has 0 amide bonds. The molecule has 96 valence electrons. The number of piperazine rings is 1. The van der Waals surface area contributed by atoms with E-state index >= 15 is 0 Å². The molecule has 0 atom stereocenters. The predicted octanol–water partition coefficient (Wildman–Crippen LogP) is -0.865. The van der Waals surface area contributed by atoms with Gasteiger partial charge in [0.05, 0.1) is 0 Å². The molecule has 3 N–H and O–H groups in total. The molecule has 2 rings (SSSR count). The van der Waals surface area contributed by atoms with Crippen LogP contribution >= 0.6 is 40.8 Å². The topological polar surface area (TPSA) is 41.3 Å². The third-order valence-electron chi connectivity index (χ3n) is 2.31. The van der Waals surface area contributed by atoms with Crippen LogP contribution < -0.4 is 45.5 Å². The van der Waals surface area contributed by atoms with Gasteiger partial charge in [-0.2, -0.15) is 0 Å². The van der Waals surface area contributed by atoms with Crippen LogP contribution in [0.5, 0.6) is 0 Å². The van der Waals surface area contributed by atoms with Crippen molar-refractivity contribution < 1.29 is 31.0 Å². The normalized spacial score (nSPS) is 14.0. The van der Waals surface area contributed by atoms with Gasteiger partial charge in [0, 0.05) is 36.3 Å². The van der Waals surface area contributed by atoms with Crippen molar-refractivity contribution >= 4 is 50.8 Å². The second-order valence-electron chi connectivity index (χ2n) is 3.55. The molecular formula is C11H17BrN3NaS2. The Balaban J connectivity index is 0. The zero-order valence-corrected chi connectivity index (χ0v) is 15.7. The summed E-state index contributed by atoms with van der Waals surface area (Å²) >= 11 is 11.1. The van der Waals surface area contributed by atoms with E-state index in [-0.39, 0.29) is 35.3 Å². The van der Waals surface area contributed by atoms with E-state index in [1.54, 1.807) is 0 Å². The molecule has 1 saturated heterocycles. The zero-order valence-electron chi connectivity index (χ0n) is 11.4. The van der Waals surface area contributed by atoms with E-state index in [4.69, 9.17) is 5.73 Å². The van der Waals surface area contributed by atoms with Crippen LogP contribution in [0, 0.1) is 0 Å². The number of halogens is 1. The van der Waals surface area contributed by atoms with Gasteiger partial charge in [0.1, 0.15) is 4.32 Å². The number of anilines is 1. The molecule has 3 nitrogen and oxygen atoms in total. The Hall–Kier alpha value is 0.700. The maximum Gasteiger partial charge on any atom is 1.00 e. The van der Waals surface area contributed by atoms with Gasteiger partial charge in [-0.25, -0.2) is 0 Å². The van der Waals surface area contributed by atoms with Crippen molar-refractivity contribution in [3.63, 3.8) is 0 Å².